The molecule has 86 valence electrons. The number of aromatic nitrogens is 1. The van der Waals surface area contributed by atoms with Crippen LogP contribution in [0.5, 0.6) is 0 Å². The van der Waals surface area contributed by atoms with Gasteiger partial charge in [-0.25, -0.2) is 4.98 Å². The molecule has 0 aliphatic heterocycles. The molecule has 1 aliphatic carbocycles. The average molecular weight is 569 g/mol. The maximum atomic E-state index is 4.52. The van der Waals surface area contributed by atoms with Crippen molar-refractivity contribution in [1.82, 2.24) is 4.98 Å². The Bertz CT molecular complexity index is 437. The summed E-state index contributed by atoms with van der Waals surface area (Å²) < 4.78 is 1.27. The van der Waals surface area contributed by atoms with E-state index in [1.165, 1.54) is 4.88 Å². The zero-order valence-corrected chi connectivity index (χ0v) is 16.1. The van der Waals surface area contributed by atoms with Gasteiger partial charge in [-0.2, -0.15) is 0 Å². The second-order valence-corrected chi connectivity index (χ2v) is 13.2. The van der Waals surface area contributed by atoms with Crippen molar-refractivity contribution in [3.8, 4) is 0 Å². The Morgan fingerprint density at radius 1 is 1.31 bits per heavy atom. The Balaban J connectivity index is 2.46. The fourth-order valence-electron chi connectivity index (χ4n) is 1.40. The van der Waals surface area contributed by atoms with Crippen LogP contribution in [-0.2, 0) is 0 Å². The summed E-state index contributed by atoms with van der Waals surface area (Å²) in [7, 11) is 0. The van der Waals surface area contributed by atoms with Crippen LogP contribution >= 0.6 is 79.1 Å². The molecule has 0 saturated carbocycles. The largest absolute Gasteiger partial charge is 0.230 e. The SMILES string of the molecule is CC(I)(I)C1(C)C=Cc2nc(I)sc2C=C1. The second-order valence-electron chi connectivity index (χ2n) is 4.05. The highest BCUT2D eigenvalue weighted by Gasteiger charge is 2.37. The van der Waals surface area contributed by atoms with E-state index in [1.54, 1.807) is 11.3 Å². The number of nitrogens with zero attached hydrogens (tertiary/aromatic N) is 1. The summed E-state index contributed by atoms with van der Waals surface area (Å²) in [4.78, 5) is 5.79. The molecular formula is C11H10I3NS. The van der Waals surface area contributed by atoms with Gasteiger partial charge in [0.25, 0.3) is 0 Å². The number of allylic oxidation sites excluding steroid dienone is 2. The van der Waals surface area contributed by atoms with Gasteiger partial charge < -0.3 is 0 Å². The Hall–Kier alpha value is 1.30. The van der Waals surface area contributed by atoms with Gasteiger partial charge in [0, 0.05) is 5.41 Å². The van der Waals surface area contributed by atoms with Gasteiger partial charge in [0.1, 0.15) is 0 Å². The maximum Gasteiger partial charge on any atom is 0.155 e. The third-order valence-electron chi connectivity index (χ3n) is 2.77. The van der Waals surface area contributed by atoms with E-state index >= 15 is 0 Å². The number of fused-ring (bicyclic) bond motifs is 1. The van der Waals surface area contributed by atoms with E-state index in [1.807, 2.05) is 0 Å². The van der Waals surface area contributed by atoms with Crippen LogP contribution in [0.3, 0.4) is 0 Å². The molecule has 1 nitrogen and oxygen atoms in total. The van der Waals surface area contributed by atoms with Crippen molar-refractivity contribution in [1.29, 1.82) is 0 Å². The van der Waals surface area contributed by atoms with E-state index in [9.17, 15) is 0 Å². The van der Waals surface area contributed by atoms with E-state index in [2.05, 4.69) is 111 Å². The molecule has 1 atom stereocenters. The van der Waals surface area contributed by atoms with Gasteiger partial charge in [-0.05, 0) is 41.7 Å². The molecule has 0 spiro atoms. The zero-order chi connectivity index (χ0) is 12.0. The molecule has 16 heavy (non-hydrogen) atoms. The molecule has 1 aromatic rings. The third kappa shape index (κ3) is 2.66. The van der Waals surface area contributed by atoms with E-state index in [4.69, 9.17) is 0 Å². The molecular weight excluding hydrogens is 559 g/mol. The maximum absolute atomic E-state index is 4.52. The normalized spacial score (nSPS) is 24.3. The van der Waals surface area contributed by atoms with Gasteiger partial charge in [0.05, 0.1) is 12.0 Å². The summed E-state index contributed by atoms with van der Waals surface area (Å²) in [5.41, 5.74) is 1.17. The predicted molar refractivity (Wildman–Crippen MR) is 97.5 cm³/mol. The van der Waals surface area contributed by atoms with Gasteiger partial charge in [-0.1, -0.05) is 64.3 Å². The molecule has 0 N–H and O–H groups in total. The van der Waals surface area contributed by atoms with Crippen LogP contribution in [0.25, 0.3) is 12.2 Å². The van der Waals surface area contributed by atoms with Crippen molar-refractivity contribution in [2.45, 2.75) is 15.3 Å². The minimum Gasteiger partial charge on any atom is -0.230 e. The van der Waals surface area contributed by atoms with Crippen LogP contribution in [0, 0.1) is 8.43 Å². The summed E-state index contributed by atoms with van der Waals surface area (Å²) in [6, 6.07) is 0. The third-order valence-corrected chi connectivity index (χ3v) is 6.82. The number of hydrogen-bond acceptors (Lipinski definition) is 2. The highest BCUT2D eigenvalue weighted by atomic mass is 127. The Morgan fingerprint density at radius 3 is 2.56 bits per heavy atom. The van der Waals surface area contributed by atoms with Crippen LogP contribution in [0.15, 0.2) is 12.2 Å². The fourth-order valence-corrected chi connectivity index (χ4v) is 3.77. The van der Waals surface area contributed by atoms with E-state index in [0.29, 0.717) is 0 Å². The number of alkyl halides is 2. The van der Waals surface area contributed by atoms with Gasteiger partial charge >= 0.3 is 0 Å². The molecule has 1 heterocycles. The van der Waals surface area contributed by atoms with Gasteiger partial charge in [0.2, 0.25) is 0 Å². The molecule has 2 rings (SSSR count). The van der Waals surface area contributed by atoms with Crippen LogP contribution in [-0.4, -0.2) is 6.41 Å². The quantitative estimate of drug-likeness (QED) is 0.327. The van der Waals surface area contributed by atoms with Crippen LogP contribution < -0.4 is 0 Å². The zero-order valence-electron chi connectivity index (χ0n) is 8.80. The summed E-state index contributed by atoms with van der Waals surface area (Å²) in [5.74, 6) is 0. The molecule has 1 aromatic heterocycles. The molecule has 5 heteroatoms. The molecule has 0 aromatic carbocycles. The van der Waals surface area contributed by atoms with Crippen molar-refractivity contribution in [2.75, 3.05) is 0 Å². The van der Waals surface area contributed by atoms with Crippen molar-refractivity contribution in [3.63, 3.8) is 0 Å². The van der Waals surface area contributed by atoms with Crippen LogP contribution in [0.2, 0.25) is 0 Å². The average Bonchev–Trinajstić information content (AvgIpc) is 2.43. The van der Waals surface area contributed by atoms with Crippen molar-refractivity contribution < 1.29 is 0 Å². The molecule has 0 saturated heterocycles. The van der Waals surface area contributed by atoms with E-state index in [0.717, 1.165) is 8.71 Å². The van der Waals surface area contributed by atoms with Crippen LogP contribution in [0.4, 0.5) is 0 Å². The molecule has 0 fully saturated rings. The first kappa shape index (κ1) is 13.7. The first-order valence-electron chi connectivity index (χ1n) is 4.74. The van der Waals surface area contributed by atoms with Crippen LogP contribution in [0.1, 0.15) is 24.4 Å². The minimum absolute atomic E-state index is 0.0694. The number of halogens is 3. The van der Waals surface area contributed by atoms with Gasteiger partial charge in [0.15, 0.2) is 3.01 Å². The molecule has 0 amide bonds. The predicted octanol–water partition coefficient (Wildman–Crippen LogP) is 5.38. The standard InChI is InChI=1S/C11H10I3NS/c1-10(11(2,13)14)5-3-7-8(4-6-10)16-9(12)15-7/h3-6H,1-2H3. The first-order chi connectivity index (χ1) is 7.32. The Labute approximate surface area is 141 Å². The van der Waals surface area contributed by atoms with Crippen molar-refractivity contribution >= 4 is 91.3 Å². The summed E-state index contributed by atoms with van der Waals surface area (Å²) >= 11 is 9.02. The molecule has 1 aliphatic rings. The topological polar surface area (TPSA) is 12.9 Å². The Kier molecular flexibility index (Phi) is 4.09. The lowest BCUT2D eigenvalue weighted by atomic mass is 9.87. The highest BCUT2D eigenvalue weighted by Crippen LogP contribution is 2.48. The molecule has 0 bridgehead atoms. The first-order valence-corrected chi connectivity index (χ1v) is 8.80. The molecule has 0 radical (unpaired) electrons. The van der Waals surface area contributed by atoms with Crippen molar-refractivity contribution in [2.24, 2.45) is 5.41 Å². The smallest absolute Gasteiger partial charge is 0.155 e. The summed E-state index contributed by atoms with van der Waals surface area (Å²) in [5, 5.41) is 0. The minimum atomic E-state index is 0.0694. The lowest BCUT2D eigenvalue weighted by molar-refractivity contribution is 0.553. The van der Waals surface area contributed by atoms with Gasteiger partial charge in [-0.3, -0.25) is 0 Å². The lowest BCUT2D eigenvalue weighted by Gasteiger charge is -2.33. The number of thiazole rings is 1. The monoisotopic (exact) mass is 569 g/mol. The van der Waals surface area contributed by atoms with E-state index < -0.39 is 0 Å². The molecule has 1 unspecified atom stereocenters. The summed E-state index contributed by atoms with van der Waals surface area (Å²) in [6.07, 6.45) is 8.93. The number of hydrogen-bond donors (Lipinski definition) is 0. The Morgan fingerprint density at radius 2 is 1.94 bits per heavy atom. The number of rotatable bonds is 1. The highest BCUT2D eigenvalue weighted by molar-refractivity contribution is 14.2. The summed E-state index contributed by atoms with van der Waals surface area (Å²) in [6.45, 7) is 4.51. The van der Waals surface area contributed by atoms with Crippen molar-refractivity contribution in [3.05, 3.63) is 25.7 Å². The van der Waals surface area contributed by atoms with Gasteiger partial charge in [-0.15, -0.1) is 11.3 Å². The second kappa shape index (κ2) is 4.76. The fraction of sp³-hybridized carbons (Fsp3) is 0.364. The van der Waals surface area contributed by atoms with E-state index in [-0.39, 0.29) is 6.84 Å². The lowest BCUT2D eigenvalue weighted by Crippen LogP contribution is -2.28.